The van der Waals surface area contributed by atoms with Crippen LogP contribution in [0.25, 0.3) is 0 Å². The molecule has 1 aliphatic rings. The first-order chi connectivity index (χ1) is 14.9. The number of carbonyl (C=O) groups excluding carboxylic acids is 1. The predicted octanol–water partition coefficient (Wildman–Crippen LogP) is 6.78. The van der Waals surface area contributed by atoms with Gasteiger partial charge >= 0.3 is 12.2 Å². The highest BCUT2D eigenvalue weighted by Crippen LogP contribution is 2.40. The van der Waals surface area contributed by atoms with Crippen molar-refractivity contribution in [1.82, 2.24) is 4.90 Å². The average molecular weight is 444 g/mol. The first-order valence-corrected chi connectivity index (χ1v) is 10.6. The van der Waals surface area contributed by atoms with E-state index < -0.39 is 17.8 Å². The Morgan fingerprint density at radius 2 is 1.68 bits per heavy atom. The third-order valence-corrected chi connectivity index (χ3v) is 6.01. The quantitative estimate of drug-likeness (QED) is 0.482. The molecule has 0 spiro atoms. The van der Waals surface area contributed by atoms with Crippen molar-refractivity contribution in [3.05, 3.63) is 90.0 Å². The van der Waals surface area contributed by atoms with E-state index >= 15 is 0 Å². The second-order valence-corrected chi connectivity index (χ2v) is 8.07. The van der Waals surface area contributed by atoms with Gasteiger partial charge in [-0.25, -0.2) is 4.79 Å². The van der Waals surface area contributed by atoms with Crippen LogP contribution >= 0.6 is 11.8 Å². The fraction of sp³-hybridized carbons (Fsp3) is 0.174. The van der Waals surface area contributed by atoms with E-state index in [1.54, 1.807) is 16.7 Å². The molecular formula is C23H19F3N2O2S. The fourth-order valence-electron chi connectivity index (χ4n) is 3.34. The first-order valence-electron chi connectivity index (χ1n) is 9.60. The molecule has 0 aliphatic carbocycles. The number of thioether (sulfide) groups is 1. The molecule has 160 valence electrons. The van der Waals surface area contributed by atoms with Crippen molar-refractivity contribution in [2.24, 2.45) is 0 Å². The molecule has 1 N–H and O–H groups in total. The number of carbonyl (C=O) groups is 1. The number of para-hydroxylation sites is 2. The Bertz CT molecular complexity index is 1060. The van der Waals surface area contributed by atoms with Gasteiger partial charge in [0.05, 0.1) is 11.3 Å². The number of ether oxygens (including phenoxy) is 1. The van der Waals surface area contributed by atoms with Crippen LogP contribution in [0.5, 0.6) is 11.5 Å². The zero-order valence-electron chi connectivity index (χ0n) is 16.3. The zero-order valence-corrected chi connectivity index (χ0v) is 17.1. The number of anilines is 1. The van der Waals surface area contributed by atoms with Gasteiger partial charge in [-0.3, -0.25) is 0 Å². The summed E-state index contributed by atoms with van der Waals surface area (Å²) in [7, 11) is 0. The fourth-order valence-corrected chi connectivity index (χ4v) is 4.58. The summed E-state index contributed by atoms with van der Waals surface area (Å²) in [5.41, 5.74) is -0.281. The summed E-state index contributed by atoms with van der Waals surface area (Å²) in [5.74, 6) is 2.00. The van der Waals surface area contributed by atoms with Gasteiger partial charge in [0, 0.05) is 12.3 Å². The van der Waals surface area contributed by atoms with Crippen molar-refractivity contribution in [1.29, 1.82) is 0 Å². The molecule has 8 heteroatoms. The number of alkyl halides is 3. The lowest BCUT2D eigenvalue weighted by Crippen LogP contribution is -2.34. The summed E-state index contributed by atoms with van der Waals surface area (Å²) in [5, 5.41) is 2.11. The van der Waals surface area contributed by atoms with E-state index in [2.05, 4.69) is 5.32 Å². The molecule has 0 bridgehead atoms. The molecule has 3 aromatic carbocycles. The minimum absolute atomic E-state index is 0.253. The normalized spacial score (nSPS) is 16.2. The summed E-state index contributed by atoms with van der Waals surface area (Å²) >= 11 is 1.55. The standard InChI is InChI=1S/C23H19F3N2O2S/c24-23(25,26)19-11-4-5-12-20(19)27-22(29)28-13-14-31-21(28)16-7-6-10-18(15-16)30-17-8-2-1-3-9-17/h1-12,15,21H,13-14H2,(H,27,29). The van der Waals surface area contributed by atoms with Gasteiger partial charge in [-0.05, 0) is 42.0 Å². The third kappa shape index (κ3) is 4.96. The van der Waals surface area contributed by atoms with Crippen LogP contribution in [-0.4, -0.2) is 23.2 Å². The number of nitrogens with zero attached hydrogens (tertiary/aromatic N) is 1. The molecule has 0 aromatic heterocycles. The van der Waals surface area contributed by atoms with Gasteiger partial charge in [0.15, 0.2) is 0 Å². The molecule has 1 unspecified atom stereocenters. The summed E-state index contributed by atoms with van der Waals surface area (Å²) < 4.78 is 45.6. The van der Waals surface area contributed by atoms with Crippen LogP contribution in [-0.2, 0) is 6.18 Å². The molecule has 1 fully saturated rings. The SMILES string of the molecule is O=C(Nc1ccccc1C(F)(F)F)N1CCSC1c1cccc(Oc2ccccc2)c1. The molecule has 0 radical (unpaired) electrons. The third-order valence-electron chi connectivity index (χ3n) is 4.75. The Hall–Kier alpha value is -3.13. The van der Waals surface area contributed by atoms with Gasteiger partial charge in [-0.15, -0.1) is 11.8 Å². The monoisotopic (exact) mass is 444 g/mol. The maximum atomic E-state index is 13.3. The Balaban J connectivity index is 1.52. The van der Waals surface area contributed by atoms with Gasteiger partial charge in [-0.2, -0.15) is 13.2 Å². The van der Waals surface area contributed by atoms with Crippen LogP contribution in [0.1, 0.15) is 16.5 Å². The lowest BCUT2D eigenvalue weighted by Gasteiger charge is -2.25. The number of amides is 2. The number of hydrogen-bond acceptors (Lipinski definition) is 3. The zero-order chi connectivity index (χ0) is 21.8. The second-order valence-electron chi connectivity index (χ2n) is 6.88. The van der Waals surface area contributed by atoms with Gasteiger partial charge in [0.25, 0.3) is 0 Å². The topological polar surface area (TPSA) is 41.6 Å². The van der Waals surface area contributed by atoms with Gasteiger partial charge in [-0.1, -0.05) is 42.5 Å². The molecule has 1 heterocycles. The van der Waals surface area contributed by atoms with Crippen molar-refractivity contribution in [2.75, 3.05) is 17.6 Å². The maximum Gasteiger partial charge on any atom is 0.418 e. The van der Waals surface area contributed by atoms with E-state index in [-0.39, 0.29) is 11.1 Å². The molecular weight excluding hydrogens is 425 g/mol. The molecule has 4 rings (SSSR count). The number of nitrogens with one attached hydrogen (secondary N) is 1. The summed E-state index contributed by atoms with van der Waals surface area (Å²) in [4.78, 5) is 14.4. The molecule has 3 aromatic rings. The number of hydrogen-bond donors (Lipinski definition) is 1. The Labute approximate surface area is 182 Å². The molecule has 31 heavy (non-hydrogen) atoms. The highest BCUT2D eigenvalue weighted by atomic mass is 32.2. The average Bonchev–Trinajstić information content (AvgIpc) is 3.24. The highest BCUT2D eigenvalue weighted by Gasteiger charge is 2.35. The van der Waals surface area contributed by atoms with E-state index in [0.29, 0.717) is 23.8 Å². The van der Waals surface area contributed by atoms with Crippen molar-refractivity contribution in [3.63, 3.8) is 0 Å². The molecule has 1 aliphatic heterocycles. The van der Waals surface area contributed by atoms with Crippen LogP contribution in [0.2, 0.25) is 0 Å². The van der Waals surface area contributed by atoms with Crippen molar-refractivity contribution >= 4 is 23.5 Å². The summed E-state index contributed by atoms with van der Waals surface area (Å²) in [6, 6.07) is 21.1. The molecule has 1 saturated heterocycles. The van der Waals surface area contributed by atoms with E-state index in [4.69, 9.17) is 4.74 Å². The molecule has 2 amide bonds. The van der Waals surface area contributed by atoms with Gasteiger partial charge in [0.1, 0.15) is 16.9 Å². The van der Waals surface area contributed by atoms with Crippen LogP contribution in [0.3, 0.4) is 0 Å². The Morgan fingerprint density at radius 3 is 2.45 bits per heavy atom. The lowest BCUT2D eigenvalue weighted by molar-refractivity contribution is -0.136. The Morgan fingerprint density at radius 1 is 0.968 bits per heavy atom. The minimum atomic E-state index is -4.55. The smallest absolute Gasteiger partial charge is 0.418 e. The van der Waals surface area contributed by atoms with E-state index in [0.717, 1.165) is 11.6 Å². The lowest BCUT2D eigenvalue weighted by atomic mass is 10.1. The number of halogens is 3. The van der Waals surface area contributed by atoms with Gasteiger partial charge < -0.3 is 15.0 Å². The largest absolute Gasteiger partial charge is 0.457 e. The van der Waals surface area contributed by atoms with Crippen LogP contribution < -0.4 is 10.1 Å². The van der Waals surface area contributed by atoms with E-state index in [1.807, 2.05) is 54.6 Å². The summed E-state index contributed by atoms with van der Waals surface area (Å²) in [6.45, 7) is 0.430. The number of rotatable bonds is 4. The molecule has 1 atom stereocenters. The highest BCUT2D eigenvalue weighted by molar-refractivity contribution is 7.99. The number of urea groups is 1. The Kier molecular flexibility index (Phi) is 6.08. The minimum Gasteiger partial charge on any atom is -0.457 e. The van der Waals surface area contributed by atoms with Crippen molar-refractivity contribution < 1.29 is 22.7 Å². The summed E-state index contributed by atoms with van der Waals surface area (Å²) in [6.07, 6.45) is -4.55. The van der Waals surface area contributed by atoms with Gasteiger partial charge in [0.2, 0.25) is 0 Å². The first kappa shape index (κ1) is 21.1. The van der Waals surface area contributed by atoms with E-state index in [1.165, 1.54) is 18.2 Å². The van der Waals surface area contributed by atoms with E-state index in [9.17, 15) is 18.0 Å². The van der Waals surface area contributed by atoms with Crippen LogP contribution in [0, 0.1) is 0 Å². The predicted molar refractivity (Wildman–Crippen MR) is 115 cm³/mol. The van der Waals surface area contributed by atoms with Crippen LogP contribution in [0.4, 0.5) is 23.7 Å². The van der Waals surface area contributed by atoms with Crippen molar-refractivity contribution in [2.45, 2.75) is 11.6 Å². The molecule has 4 nitrogen and oxygen atoms in total. The van der Waals surface area contributed by atoms with Crippen molar-refractivity contribution in [3.8, 4) is 11.5 Å². The second kappa shape index (κ2) is 8.93. The van der Waals surface area contributed by atoms with Crippen LogP contribution in [0.15, 0.2) is 78.9 Å². The number of benzene rings is 3. The molecule has 0 saturated carbocycles. The maximum absolute atomic E-state index is 13.3.